The third-order valence-electron chi connectivity index (χ3n) is 5.74. The van der Waals surface area contributed by atoms with Gasteiger partial charge in [-0.05, 0) is 37.1 Å². The van der Waals surface area contributed by atoms with Crippen molar-refractivity contribution in [2.75, 3.05) is 59.4 Å². The predicted molar refractivity (Wildman–Crippen MR) is 113 cm³/mol. The van der Waals surface area contributed by atoms with Crippen LogP contribution in [0.15, 0.2) is 33.7 Å². The number of benzene rings is 1. The van der Waals surface area contributed by atoms with E-state index < -0.39 is 0 Å². The topological polar surface area (TPSA) is 42.9 Å². The highest BCUT2D eigenvalue weighted by molar-refractivity contribution is 9.10. The zero-order valence-corrected chi connectivity index (χ0v) is 17.7. The van der Waals surface area contributed by atoms with E-state index in [4.69, 9.17) is 0 Å². The summed E-state index contributed by atoms with van der Waals surface area (Å²) in [5.74, 6) is 0.915. The second-order valence-corrected chi connectivity index (χ2v) is 8.33. The number of hydrogen-bond acceptors (Lipinski definition) is 3. The number of piperazine rings is 1. The summed E-state index contributed by atoms with van der Waals surface area (Å²) in [4.78, 5) is 9.45. The Morgan fingerprint density at radius 1 is 1.15 bits per heavy atom. The Morgan fingerprint density at radius 3 is 2.50 bits per heavy atom. The number of halogens is 1. The fourth-order valence-corrected chi connectivity index (χ4v) is 4.07. The summed E-state index contributed by atoms with van der Waals surface area (Å²) in [5, 5.41) is 7.02. The average molecular weight is 422 g/mol. The molecule has 0 amide bonds. The molecule has 2 N–H and O–H groups in total. The zero-order valence-electron chi connectivity index (χ0n) is 16.1. The molecule has 0 aromatic heterocycles. The van der Waals surface area contributed by atoms with Crippen molar-refractivity contribution in [3.05, 3.63) is 34.3 Å². The third-order valence-corrected chi connectivity index (χ3v) is 6.23. The van der Waals surface area contributed by atoms with Gasteiger partial charge >= 0.3 is 0 Å². The molecule has 0 unspecified atom stereocenters. The first kappa shape index (κ1) is 19.6. The van der Waals surface area contributed by atoms with E-state index in [2.05, 4.69) is 72.5 Å². The highest BCUT2D eigenvalue weighted by Crippen LogP contribution is 2.48. The molecule has 1 heterocycles. The highest BCUT2D eigenvalue weighted by Gasteiger charge is 2.44. The minimum atomic E-state index is 0.276. The molecule has 1 saturated heterocycles. The second kappa shape index (κ2) is 9.20. The van der Waals surface area contributed by atoms with Crippen LogP contribution in [0.4, 0.5) is 0 Å². The van der Waals surface area contributed by atoms with Crippen LogP contribution in [0.2, 0.25) is 0 Å². The number of nitrogens with zero attached hydrogens (tertiary/aromatic N) is 3. The lowest BCUT2D eigenvalue weighted by Gasteiger charge is -2.34. The SMILES string of the molecule is CCN1CCN(CCNC(=NC)NCC2(c3cccc(Br)c3)CC2)CC1. The van der Waals surface area contributed by atoms with Crippen LogP contribution >= 0.6 is 15.9 Å². The Kier molecular flexibility index (Phi) is 6.95. The van der Waals surface area contributed by atoms with Crippen molar-refractivity contribution in [3.63, 3.8) is 0 Å². The number of nitrogens with one attached hydrogen (secondary N) is 2. The number of aliphatic imine (C=N–C) groups is 1. The van der Waals surface area contributed by atoms with Gasteiger partial charge in [-0.15, -0.1) is 0 Å². The second-order valence-electron chi connectivity index (χ2n) is 7.42. The quantitative estimate of drug-likeness (QED) is 0.523. The van der Waals surface area contributed by atoms with Gasteiger partial charge in [-0.25, -0.2) is 0 Å². The molecule has 2 aliphatic rings. The molecule has 1 aliphatic carbocycles. The molecule has 2 fully saturated rings. The van der Waals surface area contributed by atoms with Crippen LogP contribution in [0, 0.1) is 0 Å². The Hall–Kier alpha value is -1.11. The Balaban J connectivity index is 1.40. The first-order valence-electron chi connectivity index (χ1n) is 9.80. The summed E-state index contributed by atoms with van der Waals surface area (Å²) < 4.78 is 1.16. The van der Waals surface area contributed by atoms with Crippen molar-refractivity contribution in [3.8, 4) is 0 Å². The first-order chi connectivity index (χ1) is 12.6. The van der Waals surface area contributed by atoms with Crippen LogP contribution in [0.3, 0.4) is 0 Å². The van der Waals surface area contributed by atoms with E-state index in [1.54, 1.807) is 0 Å². The fraction of sp³-hybridized carbons (Fsp3) is 0.650. The van der Waals surface area contributed by atoms with E-state index in [0.29, 0.717) is 0 Å². The molecule has 1 saturated carbocycles. The maximum absolute atomic E-state index is 4.40. The molecule has 0 bridgehead atoms. The molecule has 0 radical (unpaired) electrons. The summed E-state index contributed by atoms with van der Waals surface area (Å²) in [6.07, 6.45) is 2.49. The fourth-order valence-electron chi connectivity index (χ4n) is 3.67. The maximum Gasteiger partial charge on any atom is 0.191 e. The molecule has 144 valence electrons. The lowest BCUT2D eigenvalue weighted by molar-refractivity contribution is 0.139. The van der Waals surface area contributed by atoms with Gasteiger partial charge in [0.1, 0.15) is 0 Å². The van der Waals surface area contributed by atoms with E-state index >= 15 is 0 Å². The van der Waals surface area contributed by atoms with Crippen molar-refractivity contribution in [2.24, 2.45) is 4.99 Å². The van der Waals surface area contributed by atoms with Gasteiger partial charge in [-0.3, -0.25) is 9.89 Å². The third kappa shape index (κ3) is 5.21. The molecule has 1 aromatic rings. The van der Waals surface area contributed by atoms with Crippen molar-refractivity contribution in [2.45, 2.75) is 25.2 Å². The number of rotatable bonds is 7. The van der Waals surface area contributed by atoms with Gasteiger partial charge in [0.15, 0.2) is 5.96 Å². The lowest BCUT2D eigenvalue weighted by atomic mass is 9.96. The van der Waals surface area contributed by atoms with Gasteiger partial charge in [-0.1, -0.05) is 35.0 Å². The van der Waals surface area contributed by atoms with Crippen molar-refractivity contribution < 1.29 is 0 Å². The zero-order chi connectivity index (χ0) is 18.4. The van der Waals surface area contributed by atoms with Crippen molar-refractivity contribution >= 4 is 21.9 Å². The van der Waals surface area contributed by atoms with Gasteiger partial charge in [0.05, 0.1) is 0 Å². The summed E-state index contributed by atoms with van der Waals surface area (Å²) in [5.41, 5.74) is 1.70. The minimum absolute atomic E-state index is 0.276. The molecule has 1 aliphatic heterocycles. The van der Waals surface area contributed by atoms with E-state index in [1.165, 1.54) is 51.1 Å². The van der Waals surface area contributed by atoms with Crippen LogP contribution in [-0.2, 0) is 5.41 Å². The summed E-state index contributed by atoms with van der Waals surface area (Å²) in [6.45, 7) is 11.1. The van der Waals surface area contributed by atoms with Crippen LogP contribution in [0.25, 0.3) is 0 Å². The largest absolute Gasteiger partial charge is 0.356 e. The van der Waals surface area contributed by atoms with E-state index in [-0.39, 0.29) is 5.41 Å². The monoisotopic (exact) mass is 421 g/mol. The average Bonchev–Trinajstić information content (AvgIpc) is 3.46. The minimum Gasteiger partial charge on any atom is -0.356 e. The Bertz CT molecular complexity index is 606. The van der Waals surface area contributed by atoms with E-state index in [0.717, 1.165) is 30.1 Å². The molecule has 0 atom stereocenters. The summed E-state index contributed by atoms with van der Waals surface area (Å²) in [6, 6.07) is 8.71. The standard InChI is InChI=1S/C20H32BrN5/c1-3-25-11-13-26(14-12-25)10-9-23-19(22-2)24-16-20(7-8-20)17-5-4-6-18(21)15-17/h4-6,15H,3,7-14,16H2,1-2H3,(H2,22,23,24). The number of likely N-dealkylation sites (N-methyl/N-ethyl adjacent to an activating group) is 1. The van der Waals surface area contributed by atoms with E-state index in [1.807, 2.05) is 7.05 Å². The van der Waals surface area contributed by atoms with Crippen molar-refractivity contribution in [1.29, 1.82) is 0 Å². The smallest absolute Gasteiger partial charge is 0.191 e. The van der Waals surface area contributed by atoms with E-state index in [9.17, 15) is 0 Å². The van der Waals surface area contributed by atoms with Gasteiger partial charge in [0.2, 0.25) is 0 Å². The molecule has 5 nitrogen and oxygen atoms in total. The Morgan fingerprint density at radius 2 is 1.88 bits per heavy atom. The molecular weight excluding hydrogens is 390 g/mol. The van der Waals surface area contributed by atoms with Crippen LogP contribution in [0.1, 0.15) is 25.3 Å². The lowest BCUT2D eigenvalue weighted by Crippen LogP contribution is -2.49. The Labute approximate surface area is 166 Å². The van der Waals surface area contributed by atoms with Crippen molar-refractivity contribution in [1.82, 2.24) is 20.4 Å². The van der Waals surface area contributed by atoms with Gasteiger partial charge in [-0.2, -0.15) is 0 Å². The molecule has 6 heteroatoms. The van der Waals surface area contributed by atoms with Crippen LogP contribution in [-0.4, -0.2) is 75.2 Å². The maximum atomic E-state index is 4.40. The summed E-state index contributed by atoms with van der Waals surface area (Å²) >= 11 is 3.59. The molecule has 3 rings (SSSR count). The van der Waals surface area contributed by atoms with Gasteiger partial charge in [0.25, 0.3) is 0 Å². The first-order valence-corrected chi connectivity index (χ1v) is 10.6. The number of hydrogen-bond donors (Lipinski definition) is 2. The molecular formula is C20H32BrN5. The van der Waals surface area contributed by atoms with Gasteiger partial charge < -0.3 is 15.5 Å². The highest BCUT2D eigenvalue weighted by atomic mass is 79.9. The van der Waals surface area contributed by atoms with Crippen LogP contribution in [0.5, 0.6) is 0 Å². The van der Waals surface area contributed by atoms with Gasteiger partial charge in [0, 0.05) is 62.7 Å². The normalized spacial score (nSPS) is 20.8. The molecule has 26 heavy (non-hydrogen) atoms. The summed E-state index contributed by atoms with van der Waals surface area (Å²) in [7, 11) is 1.86. The number of guanidine groups is 1. The van der Waals surface area contributed by atoms with Crippen LogP contribution < -0.4 is 10.6 Å². The molecule has 0 spiro atoms. The molecule has 1 aromatic carbocycles. The predicted octanol–water partition coefficient (Wildman–Crippen LogP) is 2.28.